The molecule has 0 unspecified atom stereocenters. The molecule has 0 saturated carbocycles. The van der Waals surface area contributed by atoms with Gasteiger partial charge in [-0.05, 0) is 55.8 Å². The Morgan fingerprint density at radius 3 is 2.53 bits per heavy atom. The van der Waals surface area contributed by atoms with Crippen LogP contribution in [-0.2, 0) is 26.1 Å². The highest BCUT2D eigenvalue weighted by Gasteiger charge is 2.28. The number of imidazole rings is 1. The lowest BCUT2D eigenvalue weighted by Gasteiger charge is -2.26. The van der Waals surface area contributed by atoms with Crippen LogP contribution in [0.15, 0.2) is 77.7 Å². The summed E-state index contributed by atoms with van der Waals surface area (Å²) in [6.07, 6.45) is -0.415. The van der Waals surface area contributed by atoms with Gasteiger partial charge in [-0.15, -0.1) is 0 Å². The van der Waals surface area contributed by atoms with E-state index in [4.69, 9.17) is 14.5 Å². The molecule has 10 heteroatoms. The van der Waals surface area contributed by atoms with Crippen LogP contribution in [0.25, 0.3) is 11.0 Å². The zero-order valence-corrected chi connectivity index (χ0v) is 22.1. The highest BCUT2D eigenvalue weighted by molar-refractivity contribution is 7.89. The molecule has 2 heterocycles. The van der Waals surface area contributed by atoms with Gasteiger partial charge < -0.3 is 19.4 Å². The van der Waals surface area contributed by atoms with Crippen LogP contribution in [0, 0.1) is 6.92 Å². The first-order valence-electron chi connectivity index (χ1n) is 12.5. The summed E-state index contributed by atoms with van der Waals surface area (Å²) in [6, 6.07) is 22.0. The van der Waals surface area contributed by atoms with E-state index < -0.39 is 16.1 Å². The van der Waals surface area contributed by atoms with Gasteiger partial charge in [0, 0.05) is 18.8 Å². The van der Waals surface area contributed by atoms with Gasteiger partial charge in [-0.25, -0.2) is 13.4 Å². The normalized spacial score (nSPS) is 15.3. The molecule has 0 spiro atoms. The van der Waals surface area contributed by atoms with Crippen molar-refractivity contribution in [3.63, 3.8) is 0 Å². The summed E-state index contributed by atoms with van der Waals surface area (Å²) in [4.78, 5) is 18.1. The molecule has 1 fully saturated rings. The molecule has 0 radical (unpaired) electrons. The van der Waals surface area contributed by atoms with Gasteiger partial charge in [-0.3, -0.25) is 4.79 Å². The summed E-state index contributed by atoms with van der Waals surface area (Å²) >= 11 is 0. The van der Waals surface area contributed by atoms with E-state index in [0.717, 1.165) is 11.0 Å². The summed E-state index contributed by atoms with van der Waals surface area (Å²) in [7, 11) is -3.71. The molecule has 1 saturated heterocycles. The third-order valence-corrected chi connectivity index (χ3v) is 8.51. The second-order valence-electron chi connectivity index (χ2n) is 9.16. The van der Waals surface area contributed by atoms with E-state index in [2.05, 4.69) is 5.32 Å². The Balaban J connectivity index is 1.39. The number of nitrogens with one attached hydrogen (secondary N) is 1. The Morgan fingerprint density at radius 1 is 1.05 bits per heavy atom. The fourth-order valence-electron chi connectivity index (χ4n) is 4.55. The van der Waals surface area contributed by atoms with Crippen LogP contribution in [0.4, 0.5) is 5.69 Å². The van der Waals surface area contributed by atoms with Crippen LogP contribution < -0.4 is 10.1 Å². The van der Waals surface area contributed by atoms with Crippen LogP contribution in [0.5, 0.6) is 5.75 Å². The average molecular weight is 535 g/mol. The van der Waals surface area contributed by atoms with Gasteiger partial charge in [-0.2, -0.15) is 4.31 Å². The Morgan fingerprint density at radius 2 is 1.76 bits per heavy atom. The predicted molar refractivity (Wildman–Crippen MR) is 145 cm³/mol. The number of amides is 1. The number of carbonyl (C=O) groups is 1. The smallest absolute Gasteiger partial charge is 0.244 e. The van der Waals surface area contributed by atoms with Crippen molar-refractivity contribution in [3.05, 3.63) is 84.2 Å². The maximum Gasteiger partial charge on any atom is 0.244 e. The molecular formula is C28H30N4O5S. The third kappa shape index (κ3) is 5.42. The number of benzene rings is 3. The van der Waals surface area contributed by atoms with Gasteiger partial charge in [0.05, 0.1) is 29.1 Å². The number of morpholine rings is 1. The number of fused-ring (bicyclic) bond motifs is 1. The minimum absolute atomic E-state index is 0.0161. The lowest BCUT2D eigenvalue weighted by molar-refractivity contribution is -0.116. The molecule has 198 valence electrons. The highest BCUT2D eigenvalue weighted by atomic mass is 32.2. The van der Waals surface area contributed by atoms with Gasteiger partial charge in [0.2, 0.25) is 15.9 Å². The summed E-state index contributed by atoms with van der Waals surface area (Å²) in [5.74, 6) is 1.02. The standard InChI is InChI=1S/C28H30N4O5S/c1-20-12-13-22(18-26(20)38(34,35)31-14-16-36-17-15-31)29-27(33)19-32-25-11-7-6-10-24(25)30-28(32)21(2)37-23-8-4-3-5-9-23/h3-13,18,21H,14-17,19H2,1-2H3,(H,29,33)/t21-/m1/s1. The number of anilines is 1. The molecule has 1 N–H and O–H groups in total. The zero-order valence-electron chi connectivity index (χ0n) is 21.3. The summed E-state index contributed by atoms with van der Waals surface area (Å²) in [6.45, 7) is 4.96. The quantitative estimate of drug-likeness (QED) is 0.365. The van der Waals surface area contributed by atoms with E-state index in [1.54, 1.807) is 19.1 Å². The van der Waals surface area contributed by atoms with Gasteiger partial charge >= 0.3 is 0 Å². The molecule has 9 nitrogen and oxygen atoms in total. The molecule has 38 heavy (non-hydrogen) atoms. The molecule has 0 aliphatic carbocycles. The van der Waals surface area contributed by atoms with Gasteiger partial charge in [-0.1, -0.05) is 36.4 Å². The van der Waals surface area contributed by atoms with Gasteiger partial charge in [0.15, 0.2) is 11.9 Å². The van der Waals surface area contributed by atoms with Crippen molar-refractivity contribution in [2.75, 3.05) is 31.6 Å². The Labute approximate surface area is 222 Å². The van der Waals surface area contributed by atoms with Crippen molar-refractivity contribution in [3.8, 4) is 5.75 Å². The molecule has 4 aromatic rings. The number of para-hydroxylation sites is 3. The minimum Gasteiger partial charge on any atom is -0.483 e. The second kappa shape index (κ2) is 10.9. The molecule has 1 atom stereocenters. The number of rotatable bonds is 8. The summed E-state index contributed by atoms with van der Waals surface area (Å²) in [5, 5.41) is 2.87. The van der Waals surface area contributed by atoms with E-state index in [-0.39, 0.29) is 17.3 Å². The van der Waals surface area contributed by atoms with E-state index in [1.807, 2.05) is 66.1 Å². The summed E-state index contributed by atoms with van der Waals surface area (Å²) in [5.41, 5.74) is 2.59. The second-order valence-corrected chi connectivity index (χ2v) is 11.1. The van der Waals surface area contributed by atoms with E-state index in [9.17, 15) is 13.2 Å². The highest BCUT2D eigenvalue weighted by Crippen LogP contribution is 2.27. The maximum absolute atomic E-state index is 13.2. The van der Waals surface area contributed by atoms with Crippen molar-refractivity contribution in [1.29, 1.82) is 0 Å². The average Bonchev–Trinajstić information content (AvgIpc) is 3.29. The molecule has 1 amide bonds. The fourth-order valence-corrected chi connectivity index (χ4v) is 6.21. The van der Waals surface area contributed by atoms with Crippen molar-refractivity contribution >= 4 is 32.7 Å². The number of ether oxygens (including phenoxy) is 2. The fraction of sp³-hybridized carbons (Fsp3) is 0.286. The van der Waals surface area contributed by atoms with Crippen LogP contribution >= 0.6 is 0 Å². The van der Waals surface area contributed by atoms with Crippen molar-refractivity contribution < 1.29 is 22.7 Å². The molecular weight excluding hydrogens is 504 g/mol. The van der Waals surface area contributed by atoms with Crippen molar-refractivity contribution in [2.45, 2.75) is 31.4 Å². The number of sulfonamides is 1. The van der Waals surface area contributed by atoms with Gasteiger partial charge in [0.25, 0.3) is 0 Å². The van der Waals surface area contributed by atoms with Crippen molar-refractivity contribution in [1.82, 2.24) is 13.9 Å². The lowest BCUT2D eigenvalue weighted by atomic mass is 10.2. The summed E-state index contributed by atoms with van der Waals surface area (Å²) < 4.78 is 41.1. The first kappa shape index (κ1) is 25.9. The number of carbonyl (C=O) groups excluding carboxylic acids is 1. The molecule has 1 aromatic heterocycles. The van der Waals surface area contributed by atoms with Gasteiger partial charge in [0.1, 0.15) is 12.3 Å². The largest absolute Gasteiger partial charge is 0.483 e. The van der Waals surface area contributed by atoms with Crippen LogP contribution in [-0.4, -0.2) is 54.5 Å². The van der Waals surface area contributed by atoms with E-state index >= 15 is 0 Å². The SMILES string of the molecule is Cc1ccc(NC(=O)Cn2c([C@@H](C)Oc3ccccc3)nc3ccccc32)cc1S(=O)(=O)N1CCOCC1. The topological polar surface area (TPSA) is 103 Å². The van der Waals surface area contributed by atoms with Crippen molar-refractivity contribution in [2.24, 2.45) is 0 Å². The van der Waals surface area contributed by atoms with Crippen LogP contribution in [0.3, 0.4) is 0 Å². The van der Waals surface area contributed by atoms with E-state index in [1.165, 1.54) is 10.4 Å². The Hall–Kier alpha value is -3.73. The maximum atomic E-state index is 13.2. The third-order valence-electron chi connectivity index (χ3n) is 6.47. The Kier molecular flexibility index (Phi) is 7.46. The molecule has 1 aliphatic heterocycles. The number of hydrogen-bond donors (Lipinski definition) is 1. The molecule has 3 aromatic carbocycles. The molecule has 1 aliphatic rings. The Bertz CT molecular complexity index is 1550. The number of nitrogens with zero attached hydrogens (tertiary/aromatic N) is 3. The molecule has 0 bridgehead atoms. The first-order valence-corrected chi connectivity index (χ1v) is 13.9. The van der Waals surface area contributed by atoms with Crippen LogP contribution in [0.2, 0.25) is 0 Å². The van der Waals surface area contributed by atoms with Crippen LogP contribution in [0.1, 0.15) is 24.4 Å². The lowest BCUT2D eigenvalue weighted by Crippen LogP contribution is -2.40. The molecule has 5 rings (SSSR count). The van der Waals surface area contributed by atoms with E-state index in [0.29, 0.717) is 49.1 Å². The monoisotopic (exact) mass is 534 g/mol. The minimum atomic E-state index is -3.71. The number of hydrogen-bond acceptors (Lipinski definition) is 6. The predicted octanol–water partition coefficient (Wildman–Crippen LogP) is 4.14. The first-order chi connectivity index (χ1) is 18.3. The number of aromatic nitrogens is 2. The zero-order chi connectivity index (χ0) is 26.7. The number of aryl methyl sites for hydroxylation is 1.